The van der Waals surface area contributed by atoms with Crippen LogP contribution in [-0.2, 0) is 4.79 Å². The molecule has 3 rings (SSSR count). The van der Waals surface area contributed by atoms with Crippen molar-refractivity contribution in [2.45, 2.75) is 19.8 Å². The van der Waals surface area contributed by atoms with Crippen LogP contribution in [0.25, 0.3) is 0 Å². The van der Waals surface area contributed by atoms with Gasteiger partial charge in [-0.2, -0.15) is 0 Å². The molecular formula is C15H14N4O2S. The molecule has 1 N–H and O–H groups in total. The maximum Gasteiger partial charge on any atom is 0.240 e. The van der Waals surface area contributed by atoms with Crippen LogP contribution in [-0.4, -0.2) is 21.3 Å². The van der Waals surface area contributed by atoms with Crippen molar-refractivity contribution in [2.24, 2.45) is 0 Å². The van der Waals surface area contributed by atoms with E-state index < -0.39 is 5.92 Å². The third-order valence-electron chi connectivity index (χ3n) is 3.06. The molecule has 0 spiro atoms. The molecule has 0 aliphatic rings. The first-order valence-electron chi connectivity index (χ1n) is 6.72. The molecule has 1 aromatic carbocycles. The molecule has 0 radical (unpaired) electrons. The monoisotopic (exact) mass is 314 g/mol. The van der Waals surface area contributed by atoms with Gasteiger partial charge < -0.3 is 9.84 Å². The van der Waals surface area contributed by atoms with E-state index in [1.807, 2.05) is 37.3 Å². The van der Waals surface area contributed by atoms with Gasteiger partial charge in [0.15, 0.2) is 5.82 Å². The zero-order valence-corrected chi connectivity index (χ0v) is 12.9. The summed E-state index contributed by atoms with van der Waals surface area (Å²) < 4.78 is 4.97. The first kappa shape index (κ1) is 14.4. The highest BCUT2D eigenvalue weighted by Gasteiger charge is 2.27. The summed E-state index contributed by atoms with van der Waals surface area (Å²) >= 11 is 1.41. The topological polar surface area (TPSA) is 80.9 Å². The van der Waals surface area contributed by atoms with E-state index >= 15 is 0 Å². The fourth-order valence-corrected chi connectivity index (χ4v) is 2.93. The van der Waals surface area contributed by atoms with Gasteiger partial charge in [-0.05, 0) is 19.4 Å². The van der Waals surface area contributed by atoms with Gasteiger partial charge in [-0.25, -0.2) is 0 Å². The average molecular weight is 314 g/mol. The molecule has 0 saturated heterocycles. The molecule has 0 fully saturated rings. The molecule has 22 heavy (non-hydrogen) atoms. The Morgan fingerprint density at radius 3 is 2.59 bits per heavy atom. The zero-order valence-electron chi connectivity index (χ0n) is 12.1. The molecule has 0 bridgehead atoms. The molecule has 112 valence electrons. The second-order valence-corrected chi connectivity index (χ2v) is 6.03. The normalized spacial score (nSPS) is 12.1. The van der Waals surface area contributed by atoms with Crippen LogP contribution >= 0.6 is 11.3 Å². The number of anilines is 1. The Hall–Kier alpha value is -2.54. The van der Waals surface area contributed by atoms with Crippen molar-refractivity contribution in [3.05, 3.63) is 57.7 Å². The highest BCUT2D eigenvalue weighted by Crippen LogP contribution is 2.28. The van der Waals surface area contributed by atoms with Crippen LogP contribution in [0.5, 0.6) is 0 Å². The van der Waals surface area contributed by atoms with Crippen LogP contribution in [0.2, 0.25) is 0 Å². The summed E-state index contributed by atoms with van der Waals surface area (Å²) in [7, 11) is 0. The van der Waals surface area contributed by atoms with Gasteiger partial charge in [-0.1, -0.05) is 35.5 Å². The Balaban J connectivity index is 1.93. The molecule has 2 aromatic heterocycles. The van der Waals surface area contributed by atoms with Crippen LogP contribution in [0.15, 0.2) is 40.9 Å². The predicted octanol–water partition coefficient (Wildman–Crippen LogP) is 2.91. The average Bonchev–Trinajstić information content (AvgIpc) is 3.09. The number of aryl methyl sites for hydroxylation is 2. The van der Waals surface area contributed by atoms with E-state index in [4.69, 9.17) is 4.52 Å². The smallest absolute Gasteiger partial charge is 0.240 e. The van der Waals surface area contributed by atoms with Crippen molar-refractivity contribution in [3.8, 4) is 0 Å². The Bertz CT molecular complexity index is 782. The van der Waals surface area contributed by atoms with E-state index in [-0.39, 0.29) is 5.91 Å². The van der Waals surface area contributed by atoms with Gasteiger partial charge in [0.1, 0.15) is 21.7 Å². The van der Waals surface area contributed by atoms with Crippen molar-refractivity contribution in [2.75, 3.05) is 5.32 Å². The number of benzene rings is 1. The Morgan fingerprint density at radius 1 is 1.23 bits per heavy atom. The minimum atomic E-state index is -0.524. The number of carbonyl (C=O) groups excluding carboxylic acids is 1. The van der Waals surface area contributed by atoms with Gasteiger partial charge in [0.05, 0.1) is 0 Å². The van der Waals surface area contributed by atoms with Gasteiger partial charge in [0.2, 0.25) is 5.91 Å². The number of hydrogen-bond donors (Lipinski definition) is 1. The van der Waals surface area contributed by atoms with E-state index in [0.29, 0.717) is 16.6 Å². The van der Waals surface area contributed by atoms with E-state index in [1.165, 1.54) is 11.3 Å². The molecular weight excluding hydrogens is 300 g/mol. The van der Waals surface area contributed by atoms with Crippen molar-refractivity contribution in [1.82, 2.24) is 15.4 Å². The summed E-state index contributed by atoms with van der Waals surface area (Å²) in [5.41, 5.74) is 0.858. The summed E-state index contributed by atoms with van der Waals surface area (Å²) in [6.45, 7) is 3.63. The third kappa shape index (κ3) is 3.04. The zero-order chi connectivity index (χ0) is 15.5. The molecule has 2 heterocycles. The second kappa shape index (κ2) is 6.07. The number of amides is 1. The van der Waals surface area contributed by atoms with Crippen LogP contribution in [0.1, 0.15) is 27.3 Å². The number of rotatable bonds is 4. The number of nitrogens with zero attached hydrogens (tertiary/aromatic N) is 3. The molecule has 0 saturated carbocycles. The van der Waals surface area contributed by atoms with Gasteiger partial charge in [0, 0.05) is 6.07 Å². The third-order valence-corrected chi connectivity index (χ3v) is 3.97. The first-order chi connectivity index (χ1) is 10.6. The Labute approximate surface area is 131 Å². The Kier molecular flexibility index (Phi) is 3.97. The van der Waals surface area contributed by atoms with E-state index in [9.17, 15) is 4.79 Å². The molecule has 1 atom stereocenters. The fraction of sp³-hybridized carbons (Fsp3) is 0.200. The molecule has 6 nitrogen and oxygen atoms in total. The highest BCUT2D eigenvalue weighted by molar-refractivity contribution is 7.11. The molecule has 1 amide bonds. The number of aromatic nitrogens is 3. The van der Waals surface area contributed by atoms with E-state index in [2.05, 4.69) is 20.7 Å². The van der Waals surface area contributed by atoms with Crippen LogP contribution < -0.4 is 5.32 Å². The summed E-state index contributed by atoms with van der Waals surface area (Å²) in [5, 5.41) is 16.2. The summed E-state index contributed by atoms with van der Waals surface area (Å²) in [5.74, 6) is 0.294. The standard InChI is InChI=1S/C15H14N4O2S/c1-9-8-12(19-21-9)16-14(20)13(11-6-4-3-5-7-11)15-18-17-10(2)22-15/h3-8,13H,1-2H3,(H,16,19,20). The number of nitrogens with one attached hydrogen (secondary N) is 1. The minimum Gasteiger partial charge on any atom is -0.360 e. The molecule has 0 aliphatic carbocycles. The van der Waals surface area contributed by atoms with Gasteiger partial charge in [0.25, 0.3) is 0 Å². The quantitative estimate of drug-likeness (QED) is 0.801. The molecule has 1 unspecified atom stereocenters. The second-order valence-electron chi connectivity index (χ2n) is 4.82. The summed E-state index contributed by atoms with van der Waals surface area (Å²) in [4.78, 5) is 12.7. The van der Waals surface area contributed by atoms with Crippen molar-refractivity contribution >= 4 is 23.1 Å². The molecule has 0 aliphatic heterocycles. The van der Waals surface area contributed by atoms with Crippen LogP contribution in [0.3, 0.4) is 0 Å². The maximum atomic E-state index is 12.7. The summed E-state index contributed by atoms with van der Waals surface area (Å²) in [6.07, 6.45) is 0. The van der Waals surface area contributed by atoms with Crippen LogP contribution in [0, 0.1) is 13.8 Å². The lowest BCUT2D eigenvalue weighted by molar-refractivity contribution is -0.116. The maximum absolute atomic E-state index is 12.7. The van der Waals surface area contributed by atoms with Gasteiger partial charge in [-0.15, -0.1) is 21.5 Å². The lowest BCUT2D eigenvalue weighted by Crippen LogP contribution is -2.22. The van der Waals surface area contributed by atoms with E-state index in [0.717, 1.165) is 10.6 Å². The highest BCUT2D eigenvalue weighted by atomic mass is 32.1. The SMILES string of the molecule is Cc1cc(NC(=O)C(c2ccccc2)c2nnc(C)s2)no1. The van der Waals surface area contributed by atoms with Crippen molar-refractivity contribution in [3.63, 3.8) is 0 Å². The predicted molar refractivity (Wildman–Crippen MR) is 82.8 cm³/mol. The lowest BCUT2D eigenvalue weighted by Gasteiger charge is -2.13. The molecule has 7 heteroatoms. The van der Waals surface area contributed by atoms with Crippen LogP contribution in [0.4, 0.5) is 5.82 Å². The largest absolute Gasteiger partial charge is 0.360 e. The fourth-order valence-electron chi connectivity index (χ4n) is 2.10. The number of hydrogen-bond acceptors (Lipinski definition) is 6. The van der Waals surface area contributed by atoms with Gasteiger partial charge in [-0.3, -0.25) is 4.79 Å². The van der Waals surface area contributed by atoms with Crippen molar-refractivity contribution < 1.29 is 9.32 Å². The Morgan fingerprint density at radius 2 is 2.00 bits per heavy atom. The molecule has 3 aromatic rings. The van der Waals surface area contributed by atoms with E-state index in [1.54, 1.807) is 13.0 Å². The van der Waals surface area contributed by atoms with Gasteiger partial charge >= 0.3 is 0 Å². The van der Waals surface area contributed by atoms with Crippen molar-refractivity contribution in [1.29, 1.82) is 0 Å². The summed E-state index contributed by atoms with van der Waals surface area (Å²) in [6, 6.07) is 11.2. The first-order valence-corrected chi connectivity index (χ1v) is 7.54. The number of carbonyl (C=O) groups is 1. The lowest BCUT2D eigenvalue weighted by atomic mass is 9.99. The minimum absolute atomic E-state index is 0.212.